The van der Waals surface area contributed by atoms with Crippen molar-refractivity contribution in [1.29, 1.82) is 0 Å². The number of nitrogen functional groups attached to an aromatic ring is 1. The number of hydrogen-bond acceptors (Lipinski definition) is 4. The largest absolute Gasteiger partial charge is 0.481 e. The molecular formula is C39H56N4O2. The number of H-pyrrole nitrogens is 1. The van der Waals surface area contributed by atoms with E-state index in [0.29, 0.717) is 11.8 Å². The molecule has 1 aromatic heterocycles. The van der Waals surface area contributed by atoms with Crippen LogP contribution in [0.4, 0.5) is 11.5 Å². The van der Waals surface area contributed by atoms with Gasteiger partial charge < -0.3 is 15.7 Å². The number of allylic oxidation sites excluding steroid dienone is 2. The smallest absolute Gasteiger partial charge is 0.310 e. The molecular weight excluding hydrogens is 556 g/mol. The lowest BCUT2D eigenvalue weighted by molar-refractivity contribution is -0.175. The van der Waals surface area contributed by atoms with Crippen molar-refractivity contribution in [3.63, 3.8) is 0 Å². The van der Waals surface area contributed by atoms with Gasteiger partial charge in [-0.3, -0.25) is 9.89 Å². The van der Waals surface area contributed by atoms with Crippen LogP contribution < -0.4 is 10.6 Å². The maximum absolute atomic E-state index is 13.4. The second kappa shape index (κ2) is 9.41. The van der Waals surface area contributed by atoms with Crippen LogP contribution in [0.5, 0.6) is 0 Å². The van der Waals surface area contributed by atoms with Crippen LogP contribution in [0.2, 0.25) is 0 Å². The highest BCUT2D eigenvalue weighted by Crippen LogP contribution is 2.77. The molecule has 0 bridgehead atoms. The van der Waals surface area contributed by atoms with E-state index in [1.807, 2.05) is 0 Å². The fourth-order valence-corrected chi connectivity index (χ4v) is 12.4. The molecule has 0 amide bonds. The summed E-state index contributed by atoms with van der Waals surface area (Å²) in [6, 6.07) is 9.15. The quantitative estimate of drug-likeness (QED) is 0.323. The van der Waals surface area contributed by atoms with Gasteiger partial charge in [0.25, 0.3) is 0 Å². The van der Waals surface area contributed by atoms with Gasteiger partial charge in [-0.1, -0.05) is 66.2 Å². The van der Waals surface area contributed by atoms with Gasteiger partial charge in [0.2, 0.25) is 0 Å². The number of carbonyl (C=O) groups is 1. The Bertz CT molecular complexity index is 1580. The Morgan fingerprint density at radius 1 is 0.956 bits per heavy atom. The number of nitrogens with one attached hydrogen (secondary N) is 1. The minimum absolute atomic E-state index is 0.0397. The molecule has 1 heterocycles. The van der Waals surface area contributed by atoms with Crippen molar-refractivity contribution in [2.24, 2.45) is 44.8 Å². The third-order valence-electron chi connectivity index (χ3n) is 15.1. The fraction of sp³-hybridized carbons (Fsp3) is 0.692. The number of carboxylic acids is 1. The topological polar surface area (TPSA) is 95.2 Å². The number of nitrogens with two attached hydrogens (primary N) is 1. The number of aromatic amines is 1. The van der Waals surface area contributed by atoms with Gasteiger partial charge in [0, 0.05) is 30.8 Å². The molecule has 6 heteroatoms. The van der Waals surface area contributed by atoms with Crippen molar-refractivity contribution in [2.75, 3.05) is 24.7 Å². The summed E-state index contributed by atoms with van der Waals surface area (Å²) in [6.07, 6.45) is 8.71. The molecule has 244 valence electrons. The molecule has 7 atom stereocenters. The second-order valence-electron chi connectivity index (χ2n) is 18.2. The number of anilines is 2. The number of aromatic nitrogens is 2. The number of rotatable bonds is 3. The number of aliphatic carboxylic acids is 1. The van der Waals surface area contributed by atoms with E-state index in [9.17, 15) is 9.90 Å². The first-order chi connectivity index (χ1) is 20.9. The molecule has 6 nitrogen and oxygen atoms in total. The zero-order valence-electron chi connectivity index (χ0n) is 29.2. The third-order valence-corrected chi connectivity index (χ3v) is 15.1. The van der Waals surface area contributed by atoms with Gasteiger partial charge in [-0.05, 0) is 120 Å². The first kappa shape index (κ1) is 30.9. The number of hydrogen-bond donors (Lipinski definition) is 3. The highest BCUT2D eigenvalue weighted by Gasteiger charge is 2.70. The summed E-state index contributed by atoms with van der Waals surface area (Å²) in [7, 11) is 4.19. The Balaban J connectivity index is 1.48. The van der Waals surface area contributed by atoms with Crippen LogP contribution in [-0.4, -0.2) is 35.4 Å². The van der Waals surface area contributed by atoms with Gasteiger partial charge in [0.05, 0.1) is 11.1 Å². The molecule has 7 rings (SSSR count). The van der Waals surface area contributed by atoms with Crippen molar-refractivity contribution in [1.82, 2.24) is 10.2 Å². The zero-order chi connectivity index (χ0) is 32.5. The maximum Gasteiger partial charge on any atom is 0.310 e. The first-order valence-electron chi connectivity index (χ1n) is 17.5. The fourth-order valence-electron chi connectivity index (χ4n) is 12.4. The minimum atomic E-state index is -0.670. The summed E-state index contributed by atoms with van der Waals surface area (Å²) in [5.74, 6) is 1.16. The standard InChI is InChI=1S/C39H56N4O2/c1-34(2)16-18-39(33(44)45)19-17-38(7)30(27(39)22-34)25(23-10-12-24(13-11-23)43(8)9)20-29-36(5)21-26-31(41-42-32(26)40)35(3,4)28(36)14-15-37(29,38)6/h10-13,27-29H,14-22H2,1-9H3,(H,44,45)(H3,40,41,42). The van der Waals surface area contributed by atoms with Gasteiger partial charge in [-0.15, -0.1) is 0 Å². The Labute approximate surface area is 270 Å². The summed E-state index contributed by atoms with van der Waals surface area (Å²) in [5, 5.41) is 19.0. The molecule has 1 aromatic carbocycles. The number of fused-ring (bicyclic) bond motifs is 8. The second-order valence-corrected chi connectivity index (χ2v) is 18.2. The Morgan fingerprint density at radius 3 is 2.27 bits per heavy atom. The normalized spacial score (nSPS) is 39.5. The van der Waals surface area contributed by atoms with E-state index in [2.05, 4.69) is 96.8 Å². The van der Waals surface area contributed by atoms with Gasteiger partial charge >= 0.3 is 5.97 Å². The number of nitrogens with zero attached hydrogens (tertiary/aromatic N) is 2. The van der Waals surface area contributed by atoms with Gasteiger partial charge in [0.15, 0.2) is 0 Å². The highest BCUT2D eigenvalue weighted by atomic mass is 16.4. The van der Waals surface area contributed by atoms with Crippen molar-refractivity contribution < 1.29 is 9.90 Å². The van der Waals surface area contributed by atoms with E-state index in [4.69, 9.17) is 10.8 Å². The predicted molar refractivity (Wildman–Crippen MR) is 183 cm³/mol. The molecule has 5 aliphatic carbocycles. The van der Waals surface area contributed by atoms with E-state index < -0.39 is 11.4 Å². The molecule has 7 unspecified atom stereocenters. The summed E-state index contributed by atoms with van der Waals surface area (Å²) >= 11 is 0. The number of benzene rings is 1. The lowest BCUT2D eigenvalue weighted by Crippen LogP contribution is -2.65. The monoisotopic (exact) mass is 612 g/mol. The Hall–Kier alpha value is -2.76. The molecule has 45 heavy (non-hydrogen) atoms. The van der Waals surface area contributed by atoms with Gasteiger partial charge in [-0.25, -0.2) is 0 Å². The molecule has 0 aliphatic heterocycles. The van der Waals surface area contributed by atoms with Crippen molar-refractivity contribution in [3.05, 3.63) is 46.7 Å². The molecule has 3 fully saturated rings. The first-order valence-corrected chi connectivity index (χ1v) is 17.5. The van der Waals surface area contributed by atoms with E-state index in [-0.39, 0.29) is 33.0 Å². The summed E-state index contributed by atoms with van der Waals surface area (Å²) < 4.78 is 0. The minimum Gasteiger partial charge on any atom is -0.481 e. The van der Waals surface area contributed by atoms with Gasteiger partial charge in [0.1, 0.15) is 5.82 Å². The van der Waals surface area contributed by atoms with Crippen LogP contribution in [0.25, 0.3) is 5.57 Å². The van der Waals surface area contributed by atoms with Crippen LogP contribution in [0.15, 0.2) is 29.8 Å². The van der Waals surface area contributed by atoms with Crippen LogP contribution in [-0.2, 0) is 16.6 Å². The molecule has 0 saturated heterocycles. The molecule has 4 N–H and O–H groups in total. The highest BCUT2D eigenvalue weighted by molar-refractivity contribution is 5.80. The molecule has 3 saturated carbocycles. The van der Waals surface area contributed by atoms with Crippen molar-refractivity contribution in [2.45, 2.75) is 112 Å². The Morgan fingerprint density at radius 2 is 1.62 bits per heavy atom. The SMILES string of the molecule is CN(C)c1ccc(C2=C3C4CC(C)(C)CCC4(C(=O)O)CCC3(C)C3(C)CCC4C(C)(C)c5n[nH]c(N)c5CC4(C)C3C2)cc1. The summed E-state index contributed by atoms with van der Waals surface area (Å²) in [4.78, 5) is 15.6. The van der Waals surface area contributed by atoms with Crippen LogP contribution in [0.3, 0.4) is 0 Å². The van der Waals surface area contributed by atoms with E-state index in [1.54, 1.807) is 0 Å². The maximum atomic E-state index is 13.4. The molecule has 2 aromatic rings. The van der Waals surface area contributed by atoms with Crippen LogP contribution in [0, 0.1) is 44.8 Å². The third kappa shape index (κ3) is 3.92. The average Bonchev–Trinajstić information content (AvgIpc) is 3.33. The van der Waals surface area contributed by atoms with E-state index in [0.717, 1.165) is 56.5 Å². The van der Waals surface area contributed by atoms with Crippen molar-refractivity contribution in [3.8, 4) is 0 Å². The lowest BCUT2D eigenvalue weighted by atomic mass is 9.33. The Kier molecular flexibility index (Phi) is 6.46. The van der Waals surface area contributed by atoms with Crippen molar-refractivity contribution >= 4 is 23.0 Å². The van der Waals surface area contributed by atoms with Gasteiger partial charge in [-0.2, -0.15) is 5.10 Å². The van der Waals surface area contributed by atoms with Crippen LogP contribution in [0.1, 0.15) is 117 Å². The summed E-state index contributed by atoms with van der Waals surface area (Å²) in [5.41, 5.74) is 13.8. The van der Waals surface area contributed by atoms with E-state index in [1.165, 1.54) is 40.8 Å². The average molecular weight is 613 g/mol. The van der Waals surface area contributed by atoms with E-state index >= 15 is 0 Å². The summed E-state index contributed by atoms with van der Waals surface area (Å²) in [6.45, 7) is 17.3. The number of carboxylic acid groups (broad SMARTS) is 1. The zero-order valence-corrected chi connectivity index (χ0v) is 29.2. The molecule has 0 spiro atoms. The van der Waals surface area contributed by atoms with Crippen LogP contribution >= 0.6 is 0 Å². The predicted octanol–water partition coefficient (Wildman–Crippen LogP) is 8.49. The molecule has 5 aliphatic rings. The lowest BCUT2D eigenvalue weighted by Gasteiger charge is -2.71. The molecule has 0 radical (unpaired) electrons.